The maximum Gasteiger partial charge on any atom is 0.308 e. The van der Waals surface area contributed by atoms with Gasteiger partial charge in [0.05, 0.1) is 6.42 Å². The molecule has 7 nitrogen and oxygen atoms in total. The molecule has 0 aromatic rings. The van der Waals surface area contributed by atoms with Gasteiger partial charge in [-0.3, -0.25) is 14.4 Å². The fourth-order valence-electron chi connectivity index (χ4n) is 3.06. The lowest BCUT2D eigenvalue weighted by Crippen LogP contribution is -2.60. The van der Waals surface area contributed by atoms with Crippen molar-refractivity contribution < 1.29 is 19.1 Å². The Balaban J connectivity index is 1.96. The van der Waals surface area contributed by atoms with Crippen LogP contribution in [-0.2, 0) is 19.1 Å². The lowest BCUT2D eigenvalue weighted by Gasteiger charge is -2.36. The minimum atomic E-state index is -0.746. The molecule has 1 saturated heterocycles. The maximum atomic E-state index is 12.3. The van der Waals surface area contributed by atoms with E-state index in [0.29, 0.717) is 13.1 Å². The van der Waals surface area contributed by atoms with Gasteiger partial charge in [-0.1, -0.05) is 20.3 Å². The summed E-state index contributed by atoms with van der Waals surface area (Å²) in [7, 11) is 0. The SMILES string of the molecule is CC(C)C(=O)NC(=S)N1CCNC(=O)C1CC(=O)OC1CCCCC1. The molecule has 0 aromatic carbocycles. The molecule has 0 radical (unpaired) electrons. The Kier molecular flexibility index (Phi) is 7.16. The topological polar surface area (TPSA) is 87.7 Å². The monoisotopic (exact) mass is 369 g/mol. The number of carbonyl (C=O) groups excluding carboxylic acids is 3. The van der Waals surface area contributed by atoms with Gasteiger partial charge < -0.3 is 20.3 Å². The van der Waals surface area contributed by atoms with Crippen molar-refractivity contribution in [3.05, 3.63) is 0 Å². The third kappa shape index (κ3) is 5.66. The Labute approximate surface area is 153 Å². The van der Waals surface area contributed by atoms with Crippen LogP contribution in [0, 0.1) is 5.92 Å². The molecule has 1 aliphatic carbocycles. The van der Waals surface area contributed by atoms with Crippen LogP contribution in [0.15, 0.2) is 0 Å². The number of piperazine rings is 1. The minimum Gasteiger partial charge on any atom is -0.462 e. The fraction of sp³-hybridized carbons (Fsp3) is 0.765. The molecule has 2 N–H and O–H groups in total. The summed E-state index contributed by atoms with van der Waals surface area (Å²) in [4.78, 5) is 37.9. The van der Waals surface area contributed by atoms with Crippen LogP contribution in [0.5, 0.6) is 0 Å². The standard InChI is InChI=1S/C17H27N3O4S/c1-11(2)15(22)19-17(25)20-9-8-18-16(23)13(20)10-14(21)24-12-6-4-3-5-7-12/h11-13H,3-10H2,1-2H3,(H,18,23)(H,19,22,25). The van der Waals surface area contributed by atoms with Crippen LogP contribution in [0.2, 0.25) is 0 Å². The molecular formula is C17H27N3O4S. The third-order valence-corrected chi connectivity index (χ3v) is 4.89. The fourth-order valence-corrected chi connectivity index (χ4v) is 3.38. The van der Waals surface area contributed by atoms with E-state index in [1.807, 2.05) is 0 Å². The Bertz CT molecular complexity index is 532. The van der Waals surface area contributed by atoms with E-state index in [9.17, 15) is 14.4 Å². The van der Waals surface area contributed by atoms with Crippen molar-refractivity contribution in [1.82, 2.24) is 15.5 Å². The zero-order valence-electron chi connectivity index (χ0n) is 14.9. The molecule has 1 aliphatic heterocycles. The Morgan fingerprint density at radius 2 is 2.00 bits per heavy atom. The summed E-state index contributed by atoms with van der Waals surface area (Å²) in [6, 6.07) is -0.746. The van der Waals surface area contributed by atoms with Gasteiger partial charge in [-0.2, -0.15) is 0 Å². The van der Waals surface area contributed by atoms with Crippen molar-refractivity contribution in [2.45, 2.75) is 64.5 Å². The Hall–Kier alpha value is -1.70. The predicted molar refractivity (Wildman–Crippen MR) is 96.7 cm³/mol. The first-order valence-corrected chi connectivity index (χ1v) is 9.38. The van der Waals surface area contributed by atoms with Crippen molar-refractivity contribution in [3.8, 4) is 0 Å². The largest absolute Gasteiger partial charge is 0.462 e. The molecule has 0 aromatic heterocycles. The Morgan fingerprint density at radius 3 is 2.64 bits per heavy atom. The molecule has 2 aliphatic rings. The molecule has 2 rings (SSSR count). The highest BCUT2D eigenvalue weighted by Gasteiger charge is 2.35. The molecule has 2 amide bonds. The highest BCUT2D eigenvalue weighted by Crippen LogP contribution is 2.21. The zero-order valence-corrected chi connectivity index (χ0v) is 15.7. The minimum absolute atomic E-state index is 0.0473. The summed E-state index contributed by atoms with van der Waals surface area (Å²) < 4.78 is 5.51. The number of esters is 1. The molecule has 1 saturated carbocycles. The van der Waals surface area contributed by atoms with E-state index in [1.54, 1.807) is 18.7 Å². The molecule has 1 atom stereocenters. The molecule has 1 unspecified atom stereocenters. The number of nitrogens with one attached hydrogen (secondary N) is 2. The number of carbonyl (C=O) groups is 3. The highest BCUT2D eigenvalue weighted by atomic mass is 32.1. The normalized spacial score (nSPS) is 21.6. The number of amides is 2. The molecule has 0 bridgehead atoms. The molecule has 1 heterocycles. The van der Waals surface area contributed by atoms with Crippen LogP contribution >= 0.6 is 12.2 Å². The van der Waals surface area contributed by atoms with Gasteiger partial charge in [0.1, 0.15) is 12.1 Å². The average Bonchev–Trinajstić information content (AvgIpc) is 2.57. The van der Waals surface area contributed by atoms with Crippen LogP contribution in [-0.4, -0.2) is 53.0 Å². The van der Waals surface area contributed by atoms with E-state index < -0.39 is 12.0 Å². The van der Waals surface area contributed by atoms with E-state index >= 15 is 0 Å². The van der Waals surface area contributed by atoms with Gasteiger partial charge in [-0.25, -0.2) is 0 Å². The third-order valence-electron chi connectivity index (χ3n) is 4.56. The summed E-state index contributed by atoms with van der Waals surface area (Å²) in [6.45, 7) is 4.40. The van der Waals surface area contributed by atoms with E-state index in [0.717, 1.165) is 25.7 Å². The van der Waals surface area contributed by atoms with E-state index in [-0.39, 0.29) is 35.4 Å². The van der Waals surface area contributed by atoms with E-state index in [4.69, 9.17) is 17.0 Å². The van der Waals surface area contributed by atoms with Crippen molar-refractivity contribution >= 4 is 35.1 Å². The molecule has 0 spiro atoms. The lowest BCUT2D eigenvalue weighted by molar-refractivity contribution is -0.153. The number of hydrogen-bond acceptors (Lipinski definition) is 5. The van der Waals surface area contributed by atoms with Gasteiger partial charge in [0.15, 0.2) is 5.11 Å². The van der Waals surface area contributed by atoms with Gasteiger partial charge in [0.2, 0.25) is 11.8 Å². The summed E-state index contributed by atoms with van der Waals surface area (Å²) in [5.74, 6) is -1.09. The first kappa shape index (κ1) is 19.6. The lowest BCUT2D eigenvalue weighted by atomic mass is 9.98. The van der Waals surface area contributed by atoms with Crippen LogP contribution in [0.25, 0.3) is 0 Å². The van der Waals surface area contributed by atoms with Gasteiger partial charge in [0, 0.05) is 19.0 Å². The van der Waals surface area contributed by atoms with Gasteiger partial charge in [-0.15, -0.1) is 0 Å². The highest BCUT2D eigenvalue weighted by molar-refractivity contribution is 7.80. The number of hydrogen-bond donors (Lipinski definition) is 2. The summed E-state index contributed by atoms with van der Waals surface area (Å²) in [5.41, 5.74) is 0. The Morgan fingerprint density at radius 1 is 1.32 bits per heavy atom. The second-order valence-electron chi connectivity index (χ2n) is 6.90. The van der Waals surface area contributed by atoms with Crippen LogP contribution < -0.4 is 10.6 Å². The van der Waals surface area contributed by atoms with Crippen molar-refractivity contribution in [1.29, 1.82) is 0 Å². The first-order chi connectivity index (χ1) is 11.9. The molecule has 25 heavy (non-hydrogen) atoms. The molecule has 140 valence electrons. The summed E-state index contributed by atoms with van der Waals surface area (Å²) in [5, 5.41) is 5.57. The van der Waals surface area contributed by atoms with Crippen LogP contribution in [0.1, 0.15) is 52.4 Å². The molecular weight excluding hydrogens is 342 g/mol. The van der Waals surface area contributed by atoms with Crippen molar-refractivity contribution in [2.75, 3.05) is 13.1 Å². The van der Waals surface area contributed by atoms with Crippen molar-refractivity contribution in [3.63, 3.8) is 0 Å². The second-order valence-corrected chi connectivity index (χ2v) is 7.29. The zero-order chi connectivity index (χ0) is 18.4. The van der Waals surface area contributed by atoms with Gasteiger partial charge in [0.25, 0.3) is 0 Å². The maximum absolute atomic E-state index is 12.3. The van der Waals surface area contributed by atoms with Crippen molar-refractivity contribution in [2.24, 2.45) is 5.92 Å². The van der Waals surface area contributed by atoms with E-state index in [2.05, 4.69) is 10.6 Å². The quantitative estimate of drug-likeness (QED) is 0.570. The van der Waals surface area contributed by atoms with Gasteiger partial charge >= 0.3 is 5.97 Å². The molecule has 2 fully saturated rings. The first-order valence-electron chi connectivity index (χ1n) is 8.97. The predicted octanol–water partition coefficient (Wildman–Crippen LogP) is 1.11. The second kappa shape index (κ2) is 9.12. The van der Waals surface area contributed by atoms with E-state index in [1.165, 1.54) is 6.42 Å². The average molecular weight is 369 g/mol. The summed E-state index contributed by atoms with van der Waals surface area (Å²) >= 11 is 5.28. The van der Waals surface area contributed by atoms with Crippen LogP contribution in [0.3, 0.4) is 0 Å². The van der Waals surface area contributed by atoms with Gasteiger partial charge in [-0.05, 0) is 37.9 Å². The molecule has 8 heteroatoms. The smallest absolute Gasteiger partial charge is 0.308 e. The number of ether oxygens (including phenoxy) is 1. The number of thiocarbonyl (C=S) groups is 1. The number of rotatable bonds is 4. The summed E-state index contributed by atoms with van der Waals surface area (Å²) in [6.07, 6.45) is 4.97. The number of nitrogens with zero attached hydrogens (tertiary/aromatic N) is 1. The van der Waals surface area contributed by atoms with Crippen LogP contribution in [0.4, 0.5) is 0 Å².